The highest BCUT2D eigenvalue weighted by molar-refractivity contribution is 7.13. The Morgan fingerprint density at radius 1 is 1.39 bits per heavy atom. The van der Waals surface area contributed by atoms with E-state index in [0.717, 1.165) is 16.3 Å². The third kappa shape index (κ3) is 4.77. The molecule has 0 radical (unpaired) electrons. The normalized spacial score (nSPS) is 11.5. The SMILES string of the molecule is CN(CC(C)(C)CN)C(=O)Cc1csc(-c2ccccc2Cl)n1. The van der Waals surface area contributed by atoms with Crippen LogP contribution in [0.1, 0.15) is 19.5 Å². The van der Waals surface area contributed by atoms with Crippen molar-refractivity contribution in [3.63, 3.8) is 0 Å². The predicted octanol–water partition coefficient (Wildman–Crippen LogP) is 3.45. The molecule has 0 unspecified atom stereocenters. The van der Waals surface area contributed by atoms with Crippen molar-refractivity contribution in [1.82, 2.24) is 9.88 Å². The van der Waals surface area contributed by atoms with Crippen LogP contribution in [0.2, 0.25) is 5.02 Å². The molecule has 0 spiro atoms. The standard InChI is InChI=1S/C17H22ClN3OS/c1-17(2,10-19)11-21(3)15(22)8-12-9-23-16(20-12)13-6-4-5-7-14(13)18/h4-7,9H,8,10-11,19H2,1-3H3. The molecule has 2 aromatic rings. The first kappa shape index (κ1) is 17.9. The minimum absolute atomic E-state index is 0.0440. The smallest absolute Gasteiger partial charge is 0.228 e. The third-order valence-corrected chi connectivity index (χ3v) is 4.89. The first-order valence-electron chi connectivity index (χ1n) is 7.46. The number of nitrogens with two attached hydrogens (primary N) is 1. The number of benzene rings is 1. The van der Waals surface area contributed by atoms with Crippen LogP contribution in [0.5, 0.6) is 0 Å². The predicted molar refractivity (Wildman–Crippen MR) is 96.7 cm³/mol. The van der Waals surface area contributed by atoms with Crippen molar-refractivity contribution in [3.8, 4) is 10.6 Å². The van der Waals surface area contributed by atoms with Gasteiger partial charge in [-0.2, -0.15) is 0 Å². The molecule has 0 aliphatic carbocycles. The number of hydrogen-bond acceptors (Lipinski definition) is 4. The van der Waals surface area contributed by atoms with Gasteiger partial charge in [0.25, 0.3) is 0 Å². The first-order chi connectivity index (χ1) is 10.8. The number of rotatable bonds is 6. The molecule has 0 atom stereocenters. The highest BCUT2D eigenvalue weighted by Gasteiger charge is 2.21. The molecule has 1 aromatic heterocycles. The monoisotopic (exact) mass is 351 g/mol. The Morgan fingerprint density at radius 3 is 2.74 bits per heavy atom. The Labute approximate surface area is 146 Å². The molecule has 0 fully saturated rings. The van der Waals surface area contributed by atoms with Gasteiger partial charge >= 0.3 is 0 Å². The van der Waals surface area contributed by atoms with Crippen LogP contribution in [0.4, 0.5) is 0 Å². The maximum atomic E-state index is 12.3. The van der Waals surface area contributed by atoms with Gasteiger partial charge in [-0.3, -0.25) is 4.79 Å². The van der Waals surface area contributed by atoms with Gasteiger partial charge in [0, 0.05) is 24.5 Å². The fourth-order valence-corrected chi connectivity index (χ4v) is 3.37. The number of carbonyl (C=O) groups is 1. The van der Waals surface area contributed by atoms with E-state index in [1.165, 1.54) is 11.3 Å². The van der Waals surface area contributed by atoms with Gasteiger partial charge in [0.1, 0.15) is 5.01 Å². The summed E-state index contributed by atoms with van der Waals surface area (Å²) in [6.45, 7) is 5.27. The second kappa shape index (κ2) is 7.43. The Balaban J connectivity index is 2.05. The Morgan fingerprint density at radius 2 is 2.09 bits per heavy atom. The van der Waals surface area contributed by atoms with Crippen LogP contribution >= 0.6 is 22.9 Å². The third-order valence-electron chi connectivity index (χ3n) is 3.63. The van der Waals surface area contributed by atoms with Crippen molar-refractivity contribution < 1.29 is 4.79 Å². The van der Waals surface area contributed by atoms with Crippen LogP contribution in [-0.2, 0) is 11.2 Å². The van der Waals surface area contributed by atoms with Crippen molar-refractivity contribution in [1.29, 1.82) is 0 Å². The lowest BCUT2D eigenvalue weighted by Crippen LogP contribution is -2.40. The fraction of sp³-hybridized carbons (Fsp3) is 0.412. The summed E-state index contributed by atoms with van der Waals surface area (Å²) in [7, 11) is 1.81. The van der Waals surface area contributed by atoms with E-state index >= 15 is 0 Å². The van der Waals surface area contributed by atoms with Gasteiger partial charge < -0.3 is 10.6 Å². The van der Waals surface area contributed by atoms with Crippen molar-refractivity contribution in [2.24, 2.45) is 11.1 Å². The minimum atomic E-state index is -0.0881. The molecular weight excluding hydrogens is 330 g/mol. The van der Waals surface area contributed by atoms with Gasteiger partial charge in [0.15, 0.2) is 0 Å². The number of hydrogen-bond donors (Lipinski definition) is 1. The summed E-state index contributed by atoms with van der Waals surface area (Å²) in [5.74, 6) is 0.0440. The van der Waals surface area contributed by atoms with Gasteiger partial charge in [0.05, 0.1) is 17.1 Å². The molecule has 124 valence electrons. The summed E-state index contributed by atoms with van der Waals surface area (Å²) in [6.07, 6.45) is 0.290. The summed E-state index contributed by atoms with van der Waals surface area (Å²) in [5.41, 5.74) is 7.31. The molecule has 1 aromatic carbocycles. The summed E-state index contributed by atoms with van der Waals surface area (Å²) in [6, 6.07) is 7.59. The number of thiazole rings is 1. The van der Waals surface area contributed by atoms with E-state index in [9.17, 15) is 4.79 Å². The van der Waals surface area contributed by atoms with Gasteiger partial charge in [0.2, 0.25) is 5.91 Å². The van der Waals surface area contributed by atoms with E-state index in [1.54, 1.807) is 11.9 Å². The minimum Gasteiger partial charge on any atom is -0.345 e. The summed E-state index contributed by atoms with van der Waals surface area (Å²) >= 11 is 7.69. The maximum Gasteiger partial charge on any atom is 0.228 e. The lowest BCUT2D eigenvalue weighted by molar-refractivity contribution is -0.130. The molecule has 1 heterocycles. The average Bonchev–Trinajstić information content (AvgIpc) is 2.95. The van der Waals surface area contributed by atoms with Gasteiger partial charge in [-0.15, -0.1) is 11.3 Å². The van der Waals surface area contributed by atoms with Crippen molar-refractivity contribution in [3.05, 3.63) is 40.4 Å². The number of likely N-dealkylation sites (N-methyl/N-ethyl adjacent to an activating group) is 1. The van der Waals surface area contributed by atoms with Crippen molar-refractivity contribution >= 4 is 28.8 Å². The van der Waals surface area contributed by atoms with E-state index in [-0.39, 0.29) is 17.7 Å². The van der Waals surface area contributed by atoms with Crippen LogP contribution in [0, 0.1) is 5.41 Å². The lowest BCUT2D eigenvalue weighted by atomic mass is 9.93. The van der Waals surface area contributed by atoms with Crippen LogP contribution in [0.25, 0.3) is 10.6 Å². The lowest BCUT2D eigenvalue weighted by Gasteiger charge is -2.28. The molecule has 0 bridgehead atoms. The molecular formula is C17H22ClN3OS. The number of halogens is 1. The average molecular weight is 352 g/mol. The Kier molecular flexibility index (Phi) is 5.79. The molecule has 2 rings (SSSR count). The van der Waals surface area contributed by atoms with Gasteiger partial charge in [-0.1, -0.05) is 43.6 Å². The summed E-state index contributed by atoms with van der Waals surface area (Å²) in [5, 5.41) is 3.42. The molecule has 0 saturated carbocycles. The zero-order chi connectivity index (χ0) is 17.0. The number of nitrogens with zero attached hydrogens (tertiary/aromatic N) is 2. The molecule has 4 nitrogen and oxygen atoms in total. The highest BCUT2D eigenvalue weighted by Crippen LogP contribution is 2.30. The molecule has 6 heteroatoms. The summed E-state index contributed by atoms with van der Waals surface area (Å²) < 4.78 is 0. The molecule has 0 saturated heterocycles. The van der Waals surface area contributed by atoms with Crippen molar-refractivity contribution in [2.75, 3.05) is 20.1 Å². The number of carbonyl (C=O) groups excluding carboxylic acids is 1. The first-order valence-corrected chi connectivity index (χ1v) is 8.71. The zero-order valence-electron chi connectivity index (χ0n) is 13.7. The topological polar surface area (TPSA) is 59.2 Å². The van der Waals surface area contributed by atoms with E-state index in [4.69, 9.17) is 17.3 Å². The molecule has 2 N–H and O–H groups in total. The van der Waals surface area contributed by atoms with Crippen molar-refractivity contribution in [2.45, 2.75) is 20.3 Å². The number of aromatic nitrogens is 1. The molecule has 1 amide bonds. The van der Waals surface area contributed by atoms with E-state index in [1.807, 2.05) is 29.6 Å². The second-order valence-electron chi connectivity index (χ2n) is 6.42. The molecule has 0 aliphatic rings. The molecule has 0 aliphatic heterocycles. The number of amides is 1. The van der Waals surface area contributed by atoms with Crippen LogP contribution < -0.4 is 5.73 Å². The van der Waals surface area contributed by atoms with Crippen LogP contribution in [0.15, 0.2) is 29.6 Å². The van der Waals surface area contributed by atoms with Crippen LogP contribution in [0.3, 0.4) is 0 Å². The van der Waals surface area contributed by atoms with E-state index < -0.39 is 0 Å². The highest BCUT2D eigenvalue weighted by atomic mass is 35.5. The fourth-order valence-electron chi connectivity index (χ4n) is 2.23. The largest absolute Gasteiger partial charge is 0.345 e. The quantitative estimate of drug-likeness (QED) is 0.867. The van der Waals surface area contributed by atoms with Crippen LogP contribution in [-0.4, -0.2) is 35.9 Å². The van der Waals surface area contributed by atoms with E-state index in [0.29, 0.717) is 18.1 Å². The van der Waals surface area contributed by atoms with Gasteiger partial charge in [-0.25, -0.2) is 4.98 Å². The molecule has 23 heavy (non-hydrogen) atoms. The summed E-state index contributed by atoms with van der Waals surface area (Å²) in [4.78, 5) is 18.6. The Hall–Kier alpha value is -1.43. The van der Waals surface area contributed by atoms with E-state index in [2.05, 4.69) is 18.8 Å². The second-order valence-corrected chi connectivity index (χ2v) is 7.68. The maximum absolute atomic E-state index is 12.3. The zero-order valence-corrected chi connectivity index (χ0v) is 15.2. The van der Waals surface area contributed by atoms with Gasteiger partial charge in [-0.05, 0) is 18.0 Å². The Bertz CT molecular complexity index is 684.